The van der Waals surface area contributed by atoms with Gasteiger partial charge in [0.05, 0.1) is 44.7 Å². The first-order chi connectivity index (χ1) is 47.9. The maximum Gasteiger partial charge on any atom is 0.305 e. The quantitative estimate of drug-likeness (QED) is 0.0288. The van der Waals surface area contributed by atoms with Gasteiger partial charge in [-0.25, -0.2) is 0 Å². The van der Waals surface area contributed by atoms with Crippen LogP contribution < -0.4 is 86.3 Å². The number of carboxylic acid groups (broad SMARTS) is 3. The van der Waals surface area contributed by atoms with E-state index < -0.39 is 254 Å². The summed E-state index contributed by atoms with van der Waals surface area (Å²) in [4.78, 5) is 247. The molecule has 0 radical (unpaired) electrons. The molecule has 0 aliphatic rings. The average Bonchev–Trinajstić information content (AvgIpc) is 0.853. The van der Waals surface area contributed by atoms with Crippen molar-refractivity contribution in [3.8, 4) is 0 Å². The van der Waals surface area contributed by atoms with E-state index in [1.165, 1.54) is 13.8 Å². The highest BCUT2D eigenvalue weighted by Gasteiger charge is 2.40. The highest BCUT2D eigenvalue weighted by atomic mass is 16.4. The molecule has 26 N–H and O–H groups in total. The number of hydrogen-bond donors (Lipinski definition) is 23. The fraction of sp³-hybridized carbons (Fsp3) is 0.590. The second-order valence-electron chi connectivity index (χ2n) is 24.5. The first-order valence-electron chi connectivity index (χ1n) is 32.0. The van der Waals surface area contributed by atoms with Crippen molar-refractivity contribution in [1.29, 1.82) is 0 Å². The standard InChI is InChI=1S/C61H94N16O26/c1-25(2)18-34(53(95)67-32(49(64)91)14-16-41(62)83)69-54(96)35(19-31-12-10-9-11-13-31)70-57(99)39(23-78)74-59(101)46(26(3)4)76-61(103)48(29(7)81)77-56(98)36(20-42(63)84)71-55(97)38(22-45(89)90)72-51(93)33(15-17-43(85)86)68-50(92)27(5)65-52(94)37(21-44(87)88)73-58(100)40(24-79)75-60(102)47(28(6)80)66-30(8)82/h9-13,25-29,32-40,46-48,78-81H,14-24H2,1-8H3,(H2,62,83)(H2,63,84)(H2,64,91)(H,65,94)(H,66,82)(H,67,95)(H,68,92)(H,69,96)(H,70,99)(H,71,97)(H,72,93)(H,73,100)(H,74,101)(H,75,102)(H,76,103)(H,77,98)(H,85,86)(H,87,88)(H,89,90)/t27-,28+,29+,32-,33-,34-,35-,36-,37-,38-,39-,40-,46-,47-,48-/m0/s1. The molecule has 1 aromatic rings. The third-order valence-corrected chi connectivity index (χ3v) is 14.8. The molecule has 574 valence electrons. The van der Waals surface area contributed by atoms with Crippen LogP contribution in [0.1, 0.15) is 112 Å². The summed E-state index contributed by atoms with van der Waals surface area (Å²) in [6, 6.07) is -16.0. The molecule has 0 heterocycles. The molecule has 0 unspecified atom stereocenters. The van der Waals surface area contributed by atoms with Gasteiger partial charge < -0.3 is 122 Å². The number of aliphatic hydroxyl groups excluding tert-OH is 4. The van der Waals surface area contributed by atoms with Crippen molar-refractivity contribution in [1.82, 2.24) is 69.1 Å². The summed E-state index contributed by atoms with van der Waals surface area (Å²) >= 11 is 0. The average molecular weight is 1470 g/mol. The lowest BCUT2D eigenvalue weighted by atomic mass is 10.00. The Kier molecular flexibility index (Phi) is 38.7. The van der Waals surface area contributed by atoms with Crippen LogP contribution in [0.25, 0.3) is 0 Å². The molecule has 15 atom stereocenters. The third kappa shape index (κ3) is 33.4. The highest BCUT2D eigenvalue weighted by Crippen LogP contribution is 2.13. The predicted molar refractivity (Wildman–Crippen MR) is 351 cm³/mol. The first-order valence-corrected chi connectivity index (χ1v) is 32.0. The lowest BCUT2D eigenvalue weighted by Gasteiger charge is -2.29. The SMILES string of the molecule is CC(=O)N[C@H](C(=O)N[C@@H](CO)C(=O)N[C@@H](CC(=O)O)C(=O)N[C@@H](C)C(=O)N[C@@H](CCC(=O)O)C(=O)N[C@@H](CC(=O)O)C(=O)N[C@@H](CC(N)=O)C(=O)N[C@H](C(=O)N[C@H](C(=O)N[C@@H](CO)C(=O)N[C@@H](Cc1ccccc1)C(=O)N[C@@H](CC(C)C)C(=O)N[C@@H](CCC(N)=O)C(N)=O)C(C)C)[C@@H](C)O)[C@@H](C)O. The van der Waals surface area contributed by atoms with Crippen LogP contribution in [0.4, 0.5) is 0 Å². The molecule has 1 aromatic carbocycles. The lowest BCUT2D eigenvalue weighted by molar-refractivity contribution is -0.143. The molecule has 0 spiro atoms. The number of nitrogens with two attached hydrogens (primary N) is 3. The summed E-state index contributed by atoms with van der Waals surface area (Å²) in [5.41, 5.74) is 16.5. The largest absolute Gasteiger partial charge is 0.481 e. The van der Waals surface area contributed by atoms with Gasteiger partial charge in [-0.2, -0.15) is 0 Å². The van der Waals surface area contributed by atoms with Gasteiger partial charge in [0.25, 0.3) is 0 Å². The molecule has 42 heteroatoms. The topological polar surface area (TPSA) is 700 Å². The minimum Gasteiger partial charge on any atom is -0.481 e. The fourth-order valence-corrected chi connectivity index (χ4v) is 9.33. The highest BCUT2D eigenvalue weighted by molar-refractivity contribution is 6.02. The van der Waals surface area contributed by atoms with Gasteiger partial charge in [0, 0.05) is 26.2 Å². The van der Waals surface area contributed by atoms with Gasteiger partial charge in [0.2, 0.25) is 94.5 Å². The van der Waals surface area contributed by atoms with E-state index in [1.54, 1.807) is 44.2 Å². The molecule has 0 aliphatic carbocycles. The van der Waals surface area contributed by atoms with Crippen molar-refractivity contribution >= 4 is 112 Å². The van der Waals surface area contributed by atoms with E-state index in [2.05, 4.69) is 42.5 Å². The minimum atomic E-state index is -2.30. The zero-order valence-corrected chi connectivity index (χ0v) is 57.6. The van der Waals surface area contributed by atoms with Gasteiger partial charge in [0.1, 0.15) is 78.5 Å². The molecule has 1 rings (SSSR count). The van der Waals surface area contributed by atoms with Crippen molar-refractivity contribution in [2.75, 3.05) is 13.2 Å². The predicted octanol–water partition coefficient (Wildman–Crippen LogP) is -10.5. The molecule has 0 fully saturated rings. The summed E-state index contributed by atoms with van der Waals surface area (Å²) in [5.74, 6) is -25.7. The van der Waals surface area contributed by atoms with E-state index in [1.807, 2.05) is 26.6 Å². The number of nitrogens with one attached hydrogen (secondary N) is 13. The van der Waals surface area contributed by atoms with Crippen LogP contribution in [0.15, 0.2) is 30.3 Å². The zero-order valence-electron chi connectivity index (χ0n) is 57.6. The Hall–Kier alpha value is -11.0. The number of aliphatic hydroxyl groups is 4. The number of hydrogen-bond acceptors (Lipinski definition) is 23. The summed E-state index contributed by atoms with van der Waals surface area (Å²) in [6.07, 6.45) is -9.79. The molecule has 16 amide bonds. The van der Waals surface area contributed by atoms with Gasteiger partial charge >= 0.3 is 17.9 Å². The number of rotatable bonds is 47. The molecular formula is C61H94N16O26. The third-order valence-electron chi connectivity index (χ3n) is 14.8. The molecular weight excluding hydrogens is 1370 g/mol. The Morgan fingerprint density at radius 3 is 1.16 bits per heavy atom. The van der Waals surface area contributed by atoms with Crippen molar-refractivity contribution in [2.24, 2.45) is 29.0 Å². The maximum absolute atomic E-state index is 14.1. The van der Waals surface area contributed by atoms with Crippen molar-refractivity contribution in [2.45, 2.75) is 204 Å². The summed E-state index contributed by atoms with van der Waals surface area (Å²) in [5, 5.41) is 97.9. The van der Waals surface area contributed by atoms with Crippen molar-refractivity contribution in [3.63, 3.8) is 0 Å². The normalized spacial score (nSPS) is 15.4. The van der Waals surface area contributed by atoms with Crippen LogP contribution in [0.3, 0.4) is 0 Å². The van der Waals surface area contributed by atoms with E-state index in [-0.39, 0.29) is 31.6 Å². The van der Waals surface area contributed by atoms with Crippen LogP contribution >= 0.6 is 0 Å². The molecule has 0 aliphatic heterocycles. The van der Waals surface area contributed by atoms with E-state index in [9.17, 15) is 127 Å². The molecule has 0 aromatic heterocycles. The van der Waals surface area contributed by atoms with Crippen LogP contribution in [0.5, 0.6) is 0 Å². The number of carbonyl (C=O) groups excluding carboxylic acids is 16. The summed E-state index contributed by atoms with van der Waals surface area (Å²) in [7, 11) is 0. The summed E-state index contributed by atoms with van der Waals surface area (Å²) < 4.78 is 0. The van der Waals surface area contributed by atoms with Crippen LogP contribution in [0.2, 0.25) is 0 Å². The second kappa shape index (κ2) is 44.3. The monoisotopic (exact) mass is 1470 g/mol. The van der Waals surface area contributed by atoms with E-state index in [0.29, 0.717) is 5.56 Å². The number of carbonyl (C=O) groups is 19. The summed E-state index contributed by atoms with van der Waals surface area (Å²) in [6.45, 7) is 7.88. The van der Waals surface area contributed by atoms with E-state index in [0.717, 1.165) is 27.7 Å². The van der Waals surface area contributed by atoms with Gasteiger partial charge in [0.15, 0.2) is 0 Å². The van der Waals surface area contributed by atoms with Gasteiger partial charge in [-0.15, -0.1) is 0 Å². The van der Waals surface area contributed by atoms with Crippen molar-refractivity contribution in [3.05, 3.63) is 35.9 Å². The fourth-order valence-electron chi connectivity index (χ4n) is 9.33. The Labute approximate surface area is 588 Å². The van der Waals surface area contributed by atoms with Gasteiger partial charge in [-0.3, -0.25) is 91.1 Å². The van der Waals surface area contributed by atoms with Crippen LogP contribution in [-0.4, -0.2) is 252 Å². The maximum atomic E-state index is 14.1. The molecule has 0 saturated carbocycles. The molecule has 0 bridgehead atoms. The minimum absolute atomic E-state index is 0.0223. The van der Waals surface area contributed by atoms with Crippen molar-refractivity contribution < 1.29 is 127 Å². The Bertz CT molecular complexity index is 3230. The molecule has 103 heavy (non-hydrogen) atoms. The van der Waals surface area contributed by atoms with Crippen LogP contribution in [0, 0.1) is 11.8 Å². The first kappa shape index (κ1) is 90.0. The number of amides is 16. The number of primary amides is 3. The van der Waals surface area contributed by atoms with Crippen LogP contribution in [-0.2, 0) is 97.5 Å². The van der Waals surface area contributed by atoms with Gasteiger partial charge in [-0.05, 0) is 57.4 Å². The molecule has 0 saturated heterocycles. The Morgan fingerprint density at radius 1 is 0.369 bits per heavy atom. The molecule has 42 nitrogen and oxygen atoms in total. The Balaban J connectivity index is 3.48. The number of benzene rings is 1. The van der Waals surface area contributed by atoms with E-state index >= 15 is 0 Å². The van der Waals surface area contributed by atoms with E-state index in [4.69, 9.17) is 17.2 Å². The Morgan fingerprint density at radius 2 is 0.728 bits per heavy atom. The second-order valence-corrected chi connectivity index (χ2v) is 24.5. The number of aliphatic carboxylic acids is 3. The lowest BCUT2D eigenvalue weighted by Crippen LogP contribution is -2.63. The smallest absolute Gasteiger partial charge is 0.305 e. The zero-order chi connectivity index (χ0) is 78.9. The van der Waals surface area contributed by atoms with Gasteiger partial charge in [-0.1, -0.05) is 58.0 Å². The number of carboxylic acids is 3.